The molecule has 1 aromatic carbocycles. The molecule has 6 nitrogen and oxygen atoms in total. The number of anilines is 3. The molecule has 0 radical (unpaired) electrons. The number of hydrogen-bond donors (Lipinski definition) is 1. The maximum atomic E-state index is 14.2. The average Bonchev–Trinajstić information content (AvgIpc) is 3.09. The van der Waals surface area contributed by atoms with Crippen LogP contribution in [0.5, 0.6) is 0 Å². The third kappa shape index (κ3) is 6.30. The first-order valence-electron chi connectivity index (χ1n) is 9.90. The quantitative estimate of drug-likeness (QED) is 0.286. The van der Waals surface area contributed by atoms with E-state index in [1.54, 1.807) is 14.0 Å². The van der Waals surface area contributed by atoms with Gasteiger partial charge in [0.1, 0.15) is 33.3 Å². The number of alkyl halides is 3. The molecule has 0 aliphatic heterocycles. The number of rotatable bonds is 8. The molecule has 33 heavy (non-hydrogen) atoms. The van der Waals surface area contributed by atoms with Gasteiger partial charge in [-0.25, -0.2) is 19.3 Å². The van der Waals surface area contributed by atoms with Crippen LogP contribution in [0.3, 0.4) is 0 Å². The smallest absolute Gasteiger partial charge is 0.383 e. The van der Waals surface area contributed by atoms with E-state index < -0.39 is 17.6 Å². The second kappa shape index (κ2) is 10.2. The Morgan fingerprint density at radius 2 is 1.88 bits per heavy atom. The van der Waals surface area contributed by atoms with Crippen LogP contribution in [0, 0.1) is 12.7 Å². The van der Waals surface area contributed by atoms with Crippen molar-refractivity contribution < 1.29 is 22.3 Å². The standard InChI is InChI=1S/C21H22ClF4N5OS/c1-11(2)31(5-6-32-4)19-18(13-7-14(21(24,25)26)9-15(23)8-13)30-20(33-19)29-17-10-16(22)27-12(3)28-17/h7-11H,5-6H2,1-4H3,(H,27,28,29,30). The lowest BCUT2D eigenvalue weighted by Gasteiger charge is -2.28. The molecule has 0 bridgehead atoms. The number of halogens is 5. The van der Waals surface area contributed by atoms with Crippen LogP contribution in [-0.4, -0.2) is 41.3 Å². The fourth-order valence-corrected chi connectivity index (χ4v) is 4.51. The van der Waals surface area contributed by atoms with E-state index in [1.807, 2.05) is 18.7 Å². The molecule has 0 aliphatic rings. The lowest BCUT2D eigenvalue weighted by atomic mass is 10.1. The lowest BCUT2D eigenvalue weighted by molar-refractivity contribution is -0.137. The molecule has 1 N–H and O–H groups in total. The van der Waals surface area contributed by atoms with Crippen molar-refractivity contribution in [1.82, 2.24) is 15.0 Å². The number of methoxy groups -OCH3 is 1. The second-order valence-corrected chi connectivity index (χ2v) is 8.79. The molecule has 3 rings (SSSR count). The summed E-state index contributed by atoms with van der Waals surface area (Å²) in [6.45, 7) is 6.39. The zero-order valence-electron chi connectivity index (χ0n) is 18.3. The zero-order valence-corrected chi connectivity index (χ0v) is 19.9. The summed E-state index contributed by atoms with van der Waals surface area (Å²) in [5, 5.41) is 4.18. The normalized spacial score (nSPS) is 11.8. The van der Waals surface area contributed by atoms with E-state index in [0.29, 0.717) is 41.0 Å². The molecular weight excluding hydrogens is 482 g/mol. The van der Waals surface area contributed by atoms with Crippen molar-refractivity contribution in [2.45, 2.75) is 33.0 Å². The molecule has 0 unspecified atom stereocenters. The molecule has 0 saturated heterocycles. The lowest BCUT2D eigenvalue weighted by Crippen LogP contribution is -2.33. The predicted octanol–water partition coefficient (Wildman–Crippen LogP) is 6.32. The van der Waals surface area contributed by atoms with E-state index in [1.165, 1.54) is 17.4 Å². The summed E-state index contributed by atoms with van der Waals surface area (Å²) in [5.74, 6) is -0.187. The fraction of sp³-hybridized carbons (Fsp3) is 0.381. The van der Waals surface area contributed by atoms with E-state index >= 15 is 0 Å². The average molecular weight is 504 g/mol. The van der Waals surface area contributed by atoms with Crippen LogP contribution >= 0.6 is 22.9 Å². The number of hydrogen-bond acceptors (Lipinski definition) is 7. The molecule has 2 aromatic heterocycles. The third-order valence-corrected chi connectivity index (χ3v) is 5.77. The summed E-state index contributed by atoms with van der Waals surface area (Å²) >= 11 is 7.20. The highest BCUT2D eigenvalue weighted by Gasteiger charge is 2.32. The van der Waals surface area contributed by atoms with Crippen LogP contribution in [0.4, 0.5) is 33.5 Å². The highest BCUT2D eigenvalue weighted by Crippen LogP contribution is 2.42. The molecule has 0 atom stereocenters. The van der Waals surface area contributed by atoms with Gasteiger partial charge in [-0.15, -0.1) is 0 Å². The van der Waals surface area contributed by atoms with Crippen LogP contribution in [0.2, 0.25) is 5.15 Å². The van der Waals surface area contributed by atoms with Crippen LogP contribution < -0.4 is 10.2 Å². The highest BCUT2D eigenvalue weighted by molar-refractivity contribution is 7.20. The van der Waals surface area contributed by atoms with E-state index in [0.717, 1.165) is 12.1 Å². The van der Waals surface area contributed by atoms with Crippen molar-refractivity contribution in [2.24, 2.45) is 0 Å². The number of aromatic nitrogens is 3. The Kier molecular flexibility index (Phi) is 7.76. The zero-order chi connectivity index (χ0) is 24.3. The summed E-state index contributed by atoms with van der Waals surface area (Å²) < 4.78 is 59.4. The minimum atomic E-state index is -4.70. The van der Waals surface area contributed by atoms with E-state index in [4.69, 9.17) is 16.3 Å². The number of ether oxygens (including phenoxy) is 1. The number of thiazole rings is 1. The first-order valence-corrected chi connectivity index (χ1v) is 11.1. The minimum absolute atomic E-state index is 0.0154. The maximum Gasteiger partial charge on any atom is 0.416 e. The molecule has 0 aliphatic carbocycles. The Balaban J connectivity index is 2.13. The third-order valence-electron chi connectivity index (χ3n) is 4.57. The SMILES string of the molecule is COCCN(c1sc(Nc2cc(Cl)nc(C)n2)nc1-c1cc(F)cc(C(F)(F)F)c1)C(C)C. The summed E-state index contributed by atoms with van der Waals surface area (Å²) in [5.41, 5.74) is -0.854. The highest BCUT2D eigenvalue weighted by atomic mass is 35.5. The van der Waals surface area contributed by atoms with Gasteiger partial charge >= 0.3 is 6.18 Å². The molecule has 0 fully saturated rings. The molecule has 3 aromatic rings. The molecular formula is C21H22ClF4N5OS. The Bertz CT molecular complexity index is 1100. The fourth-order valence-electron chi connectivity index (χ4n) is 3.13. The van der Waals surface area contributed by atoms with E-state index in [-0.39, 0.29) is 22.5 Å². The summed E-state index contributed by atoms with van der Waals surface area (Å²) in [4.78, 5) is 14.7. The van der Waals surface area contributed by atoms with Gasteiger partial charge in [-0.05, 0) is 39.0 Å². The van der Waals surface area contributed by atoms with Crippen molar-refractivity contribution in [1.29, 1.82) is 0 Å². The Hall–Kier alpha value is -2.50. The van der Waals surface area contributed by atoms with Crippen LogP contribution in [0.1, 0.15) is 25.2 Å². The number of benzene rings is 1. The molecule has 0 spiro atoms. The Morgan fingerprint density at radius 3 is 2.48 bits per heavy atom. The predicted molar refractivity (Wildman–Crippen MR) is 122 cm³/mol. The molecule has 0 saturated carbocycles. The summed E-state index contributed by atoms with van der Waals surface area (Å²) in [7, 11) is 1.56. The van der Waals surface area contributed by atoms with Gasteiger partial charge in [-0.1, -0.05) is 22.9 Å². The molecule has 2 heterocycles. The number of nitrogens with zero attached hydrogens (tertiary/aromatic N) is 4. The summed E-state index contributed by atoms with van der Waals surface area (Å²) in [6.07, 6.45) is -4.70. The second-order valence-electron chi connectivity index (χ2n) is 7.43. The molecule has 178 valence electrons. The van der Waals surface area contributed by atoms with Gasteiger partial charge in [0.15, 0.2) is 5.13 Å². The van der Waals surface area contributed by atoms with Gasteiger partial charge in [-0.2, -0.15) is 13.2 Å². The minimum Gasteiger partial charge on any atom is -0.383 e. The van der Waals surface area contributed by atoms with Gasteiger partial charge in [0, 0.05) is 31.3 Å². The van der Waals surface area contributed by atoms with Crippen molar-refractivity contribution in [3.05, 3.63) is 46.6 Å². The van der Waals surface area contributed by atoms with Crippen LogP contribution in [-0.2, 0) is 10.9 Å². The molecule has 0 amide bonds. The molecule has 12 heteroatoms. The number of nitrogens with one attached hydrogen (secondary N) is 1. The van der Waals surface area contributed by atoms with Crippen molar-refractivity contribution >= 4 is 38.9 Å². The largest absolute Gasteiger partial charge is 0.416 e. The van der Waals surface area contributed by atoms with Gasteiger partial charge < -0.3 is 15.0 Å². The first-order chi connectivity index (χ1) is 15.5. The van der Waals surface area contributed by atoms with Gasteiger partial charge in [0.25, 0.3) is 0 Å². The van der Waals surface area contributed by atoms with E-state index in [2.05, 4.69) is 20.3 Å². The van der Waals surface area contributed by atoms with Crippen molar-refractivity contribution in [3.8, 4) is 11.3 Å². The van der Waals surface area contributed by atoms with Crippen molar-refractivity contribution in [3.63, 3.8) is 0 Å². The van der Waals surface area contributed by atoms with Crippen molar-refractivity contribution in [2.75, 3.05) is 30.5 Å². The van der Waals surface area contributed by atoms with E-state index in [9.17, 15) is 17.6 Å². The van der Waals surface area contributed by atoms with Gasteiger partial charge in [0.05, 0.1) is 12.2 Å². The van der Waals surface area contributed by atoms with Crippen LogP contribution in [0.25, 0.3) is 11.3 Å². The topological polar surface area (TPSA) is 63.2 Å². The monoisotopic (exact) mass is 503 g/mol. The first kappa shape index (κ1) is 25.1. The maximum absolute atomic E-state index is 14.2. The summed E-state index contributed by atoms with van der Waals surface area (Å²) in [6, 6.07) is 3.87. The Labute approximate surface area is 197 Å². The number of aryl methyl sites for hydroxylation is 1. The van der Waals surface area contributed by atoms with Crippen LogP contribution in [0.15, 0.2) is 24.3 Å². The Morgan fingerprint density at radius 1 is 1.15 bits per heavy atom. The van der Waals surface area contributed by atoms with Gasteiger partial charge in [0.2, 0.25) is 0 Å². The van der Waals surface area contributed by atoms with Gasteiger partial charge in [-0.3, -0.25) is 0 Å².